The summed E-state index contributed by atoms with van der Waals surface area (Å²) in [6.45, 7) is 3.91. The van der Waals surface area contributed by atoms with Gasteiger partial charge in [0.15, 0.2) is 0 Å². The summed E-state index contributed by atoms with van der Waals surface area (Å²) >= 11 is 0. The molecule has 1 aliphatic rings. The zero-order valence-corrected chi connectivity index (χ0v) is 14.1. The lowest BCUT2D eigenvalue weighted by Gasteiger charge is -2.38. The molecule has 1 fully saturated rings. The lowest BCUT2D eigenvalue weighted by atomic mass is 10.00. The molecule has 0 spiro atoms. The average Bonchev–Trinajstić information content (AvgIpc) is 2.53. The quantitative estimate of drug-likeness (QED) is 0.869. The maximum Gasteiger partial charge on any atom is 0.408 e. The summed E-state index contributed by atoms with van der Waals surface area (Å²) < 4.78 is 40.1. The van der Waals surface area contributed by atoms with Crippen LogP contribution in [0.5, 0.6) is 0 Å². The van der Waals surface area contributed by atoms with Gasteiger partial charge in [0.1, 0.15) is 12.1 Å². The number of carbonyl (C=O) groups excluding carboxylic acids is 2. The Morgan fingerprint density at radius 1 is 1.32 bits per heavy atom. The van der Waals surface area contributed by atoms with E-state index in [0.717, 1.165) is 0 Å². The summed E-state index contributed by atoms with van der Waals surface area (Å²) in [6, 6.07) is 4.51. The van der Waals surface area contributed by atoms with Crippen molar-refractivity contribution in [1.82, 2.24) is 15.5 Å². The second-order valence-corrected chi connectivity index (χ2v) is 6.41. The highest BCUT2D eigenvalue weighted by Gasteiger charge is 2.43. The van der Waals surface area contributed by atoms with Crippen molar-refractivity contribution in [2.45, 2.75) is 38.5 Å². The summed E-state index contributed by atoms with van der Waals surface area (Å²) in [4.78, 5) is 25.6. The third kappa shape index (κ3) is 4.87. The van der Waals surface area contributed by atoms with E-state index >= 15 is 0 Å². The van der Waals surface area contributed by atoms with Gasteiger partial charge < -0.3 is 15.5 Å². The fourth-order valence-electron chi connectivity index (χ4n) is 2.91. The fraction of sp³-hybridized carbons (Fsp3) is 0.529. The van der Waals surface area contributed by atoms with Crippen LogP contribution in [0.1, 0.15) is 19.4 Å². The van der Waals surface area contributed by atoms with Crippen molar-refractivity contribution < 1.29 is 22.8 Å². The molecule has 1 saturated heterocycles. The Kier molecular flexibility index (Phi) is 5.92. The molecule has 5 nitrogen and oxygen atoms in total. The molecule has 0 radical (unpaired) electrons. The Morgan fingerprint density at radius 2 is 1.96 bits per heavy atom. The number of hydrogen-bond acceptors (Lipinski definition) is 2. The molecular weight excluding hydrogens is 335 g/mol. The van der Waals surface area contributed by atoms with Crippen LogP contribution in [0.4, 0.5) is 18.0 Å². The molecule has 2 N–H and O–H groups in total. The maximum absolute atomic E-state index is 13.4. The number of urea groups is 1. The van der Waals surface area contributed by atoms with Crippen molar-refractivity contribution in [3.05, 3.63) is 35.9 Å². The molecule has 1 heterocycles. The van der Waals surface area contributed by atoms with E-state index in [1.165, 1.54) is 4.90 Å². The monoisotopic (exact) mass is 357 g/mol. The largest absolute Gasteiger partial charge is 0.408 e. The van der Waals surface area contributed by atoms with Crippen molar-refractivity contribution in [2.75, 3.05) is 13.1 Å². The van der Waals surface area contributed by atoms with Crippen LogP contribution in [0.3, 0.4) is 0 Å². The van der Waals surface area contributed by atoms with Gasteiger partial charge in [-0.05, 0) is 11.5 Å². The number of hydrogen-bond donors (Lipinski definition) is 2. The van der Waals surface area contributed by atoms with Crippen LogP contribution in [0.25, 0.3) is 0 Å². The third-order valence-corrected chi connectivity index (χ3v) is 4.12. The SMILES string of the molecule is CC(C)C1C(=O)NCCN1C(=O)NC(Cc1ccccc1)C(F)(F)F. The second kappa shape index (κ2) is 7.76. The molecule has 0 aromatic heterocycles. The summed E-state index contributed by atoms with van der Waals surface area (Å²) in [5.74, 6) is -0.549. The number of piperazine rings is 1. The first-order valence-corrected chi connectivity index (χ1v) is 8.15. The van der Waals surface area contributed by atoms with Crippen LogP contribution in [0.2, 0.25) is 0 Å². The van der Waals surface area contributed by atoms with Crippen LogP contribution in [-0.4, -0.2) is 48.2 Å². The van der Waals surface area contributed by atoms with Crippen molar-refractivity contribution in [3.8, 4) is 0 Å². The molecule has 0 bridgehead atoms. The number of rotatable bonds is 4. The van der Waals surface area contributed by atoms with Crippen LogP contribution < -0.4 is 10.6 Å². The number of nitrogens with zero attached hydrogens (tertiary/aromatic N) is 1. The molecule has 2 atom stereocenters. The van der Waals surface area contributed by atoms with Gasteiger partial charge >= 0.3 is 12.2 Å². The summed E-state index contributed by atoms with van der Waals surface area (Å²) in [5.41, 5.74) is 0.474. The topological polar surface area (TPSA) is 61.4 Å². The lowest BCUT2D eigenvalue weighted by Crippen LogP contribution is -2.63. The smallest absolute Gasteiger partial charge is 0.353 e. The van der Waals surface area contributed by atoms with E-state index in [0.29, 0.717) is 5.56 Å². The van der Waals surface area contributed by atoms with E-state index in [1.54, 1.807) is 44.2 Å². The Morgan fingerprint density at radius 3 is 2.52 bits per heavy atom. The van der Waals surface area contributed by atoms with E-state index in [4.69, 9.17) is 0 Å². The van der Waals surface area contributed by atoms with Gasteiger partial charge in [-0.3, -0.25) is 4.79 Å². The number of carbonyl (C=O) groups is 2. The fourth-order valence-corrected chi connectivity index (χ4v) is 2.91. The van der Waals surface area contributed by atoms with Crippen LogP contribution in [-0.2, 0) is 11.2 Å². The van der Waals surface area contributed by atoms with Crippen molar-refractivity contribution in [1.29, 1.82) is 0 Å². The zero-order chi connectivity index (χ0) is 18.6. The number of halogens is 3. The van der Waals surface area contributed by atoms with Gasteiger partial charge in [0.2, 0.25) is 5.91 Å². The standard InChI is InChI=1S/C17H22F3N3O2/c1-11(2)14-15(24)21-8-9-23(14)16(25)22-13(17(18,19)20)10-12-6-4-3-5-7-12/h3-7,11,13-14H,8-10H2,1-2H3,(H,21,24)(H,22,25). The molecule has 2 unspecified atom stereocenters. The highest BCUT2D eigenvalue weighted by molar-refractivity contribution is 5.88. The molecular formula is C17H22F3N3O2. The first-order valence-electron chi connectivity index (χ1n) is 8.15. The van der Waals surface area contributed by atoms with Gasteiger partial charge in [-0.1, -0.05) is 44.2 Å². The van der Waals surface area contributed by atoms with Crippen molar-refractivity contribution in [2.24, 2.45) is 5.92 Å². The van der Waals surface area contributed by atoms with Gasteiger partial charge in [-0.2, -0.15) is 13.2 Å². The van der Waals surface area contributed by atoms with Crippen molar-refractivity contribution >= 4 is 11.9 Å². The van der Waals surface area contributed by atoms with E-state index in [2.05, 4.69) is 10.6 Å². The second-order valence-electron chi connectivity index (χ2n) is 6.41. The minimum atomic E-state index is -4.59. The van der Waals surface area contributed by atoms with E-state index in [1.807, 2.05) is 0 Å². The number of alkyl halides is 3. The van der Waals surface area contributed by atoms with Gasteiger partial charge in [0, 0.05) is 19.5 Å². The van der Waals surface area contributed by atoms with Crippen molar-refractivity contribution in [3.63, 3.8) is 0 Å². The molecule has 8 heteroatoms. The molecule has 138 valence electrons. The zero-order valence-electron chi connectivity index (χ0n) is 14.1. The molecule has 25 heavy (non-hydrogen) atoms. The van der Waals surface area contributed by atoms with Crippen LogP contribution in [0, 0.1) is 5.92 Å². The molecule has 2 rings (SSSR count). The number of benzene rings is 1. The third-order valence-electron chi connectivity index (χ3n) is 4.12. The molecule has 1 aromatic rings. The van der Waals surface area contributed by atoms with Gasteiger partial charge in [0.05, 0.1) is 0 Å². The molecule has 0 saturated carbocycles. The van der Waals surface area contributed by atoms with Gasteiger partial charge in [-0.15, -0.1) is 0 Å². The van der Waals surface area contributed by atoms with Crippen LogP contribution >= 0.6 is 0 Å². The Hall–Kier alpha value is -2.25. The minimum absolute atomic E-state index is 0.177. The van der Waals surface area contributed by atoms with Gasteiger partial charge in [0.25, 0.3) is 0 Å². The molecule has 1 aliphatic heterocycles. The highest BCUT2D eigenvalue weighted by atomic mass is 19.4. The predicted molar refractivity (Wildman–Crippen MR) is 86.9 cm³/mol. The van der Waals surface area contributed by atoms with E-state index in [9.17, 15) is 22.8 Å². The first kappa shape index (κ1) is 19.1. The summed E-state index contributed by atoms with van der Waals surface area (Å²) in [7, 11) is 0. The lowest BCUT2D eigenvalue weighted by molar-refractivity contribution is -0.153. The number of amides is 3. The number of nitrogens with one attached hydrogen (secondary N) is 2. The Labute approximate surface area is 144 Å². The maximum atomic E-state index is 13.4. The van der Waals surface area contributed by atoms with Crippen LogP contribution in [0.15, 0.2) is 30.3 Å². The normalized spacial score (nSPS) is 19.5. The Balaban J connectivity index is 2.14. The first-order chi connectivity index (χ1) is 11.7. The summed E-state index contributed by atoms with van der Waals surface area (Å²) in [5, 5.41) is 4.70. The highest BCUT2D eigenvalue weighted by Crippen LogP contribution is 2.24. The predicted octanol–water partition coefficient (Wildman–Crippen LogP) is 2.33. The minimum Gasteiger partial charge on any atom is -0.353 e. The van der Waals surface area contributed by atoms with Gasteiger partial charge in [-0.25, -0.2) is 4.79 Å². The van der Waals surface area contributed by atoms with E-state index in [-0.39, 0.29) is 31.3 Å². The van der Waals surface area contributed by atoms with E-state index < -0.39 is 24.3 Å². The molecule has 3 amide bonds. The molecule has 0 aliphatic carbocycles. The molecule has 1 aromatic carbocycles. The Bertz CT molecular complexity index is 605. The summed E-state index contributed by atoms with van der Waals surface area (Å²) in [6.07, 6.45) is -4.95. The average molecular weight is 357 g/mol.